The number of thiazole rings is 1. The largest absolute Gasteiger partial charge is 0.490 e. The monoisotopic (exact) mass is 393 g/mol. The summed E-state index contributed by atoms with van der Waals surface area (Å²) in [6, 6.07) is 6.23. The van der Waals surface area contributed by atoms with Crippen LogP contribution >= 0.6 is 11.3 Å². The highest BCUT2D eigenvalue weighted by atomic mass is 32.1. The topological polar surface area (TPSA) is 88.9 Å². The normalized spacial score (nSPS) is 30.1. The predicted octanol–water partition coefficient (Wildman–Crippen LogP) is 3.28. The van der Waals surface area contributed by atoms with Crippen LogP contribution in [0.15, 0.2) is 29.6 Å². The van der Waals surface area contributed by atoms with Gasteiger partial charge in [-0.15, -0.1) is 11.3 Å². The van der Waals surface area contributed by atoms with Crippen LogP contribution in [0.25, 0.3) is 0 Å². The summed E-state index contributed by atoms with van der Waals surface area (Å²) < 4.78 is 25.5. The number of hydrogen-bond acceptors (Lipinski definition) is 6. The maximum Gasteiger partial charge on any atom is 0.355 e. The number of nitrogens with zero attached hydrogens (tertiary/aromatic N) is 1. The molecule has 5 atom stereocenters. The van der Waals surface area contributed by atoms with Crippen molar-refractivity contribution in [1.29, 1.82) is 0 Å². The smallest absolute Gasteiger partial charge is 0.355 e. The van der Waals surface area contributed by atoms with Crippen molar-refractivity contribution in [3.63, 3.8) is 0 Å². The average molecular weight is 393 g/mol. The van der Waals surface area contributed by atoms with Crippen LogP contribution in [0.2, 0.25) is 0 Å². The molecule has 2 aliphatic rings. The molecule has 27 heavy (non-hydrogen) atoms. The molecule has 2 aromatic rings. The minimum absolute atomic E-state index is 0.0309. The molecule has 0 unspecified atom stereocenters. The van der Waals surface area contributed by atoms with Crippen molar-refractivity contribution in [2.24, 2.45) is 11.8 Å². The fraction of sp³-hybridized carbons (Fsp3) is 0.474. The van der Waals surface area contributed by atoms with Crippen molar-refractivity contribution in [2.45, 2.75) is 37.6 Å². The molecule has 1 saturated heterocycles. The van der Waals surface area contributed by atoms with Gasteiger partial charge in [-0.2, -0.15) is 0 Å². The lowest BCUT2D eigenvalue weighted by Crippen LogP contribution is -2.33. The van der Waals surface area contributed by atoms with Crippen LogP contribution in [0.4, 0.5) is 4.39 Å². The lowest BCUT2D eigenvalue weighted by atomic mass is 9.87. The van der Waals surface area contributed by atoms with Crippen LogP contribution in [-0.2, 0) is 4.74 Å². The van der Waals surface area contributed by atoms with Crippen LogP contribution in [0, 0.1) is 17.7 Å². The SMILES string of the molecule is O=C(O)c1csc([C@H]2CC[C@@H]3[C@H](COc4ccccc4F)[C@H](O)C[C@@H]3O2)n1. The quantitative estimate of drug-likeness (QED) is 0.811. The van der Waals surface area contributed by atoms with Crippen LogP contribution in [0.1, 0.15) is 40.9 Å². The molecule has 6 nitrogen and oxygen atoms in total. The molecule has 2 heterocycles. The van der Waals surface area contributed by atoms with Gasteiger partial charge in [0.15, 0.2) is 17.3 Å². The Morgan fingerprint density at radius 2 is 2.19 bits per heavy atom. The predicted molar refractivity (Wildman–Crippen MR) is 95.4 cm³/mol. The van der Waals surface area contributed by atoms with Gasteiger partial charge < -0.3 is 19.7 Å². The molecule has 1 aliphatic carbocycles. The Hall–Kier alpha value is -2.03. The summed E-state index contributed by atoms with van der Waals surface area (Å²) in [6.45, 7) is 0.234. The zero-order chi connectivity index (χ0) is 19.0. The van der Waals surface area contributed by atoms with Crippen molar-refractivity contribution in [2.75, 3.05) is 6.61 Å². The van der Waals surface area contributed by atoms with E-state index in [9.17, 15) is 14.3 Å². The van der Waals surface area contributed by atoms with Crippen molar-refractivity contribution >= 4 is 17.3 Å². The highest BCUT2D eigenvalue weighted by molar-refractivity contribution is 7.09. The second kappa shape index (κ2) is 7.53. The number of para-hydroxylation sites is 1. The summed E-state index contributed by atoms with van der Waals surface area (Å²) in [5, 5.41) is 21.6. The summed E-state index contributed by atoms with van der Waals surface area (Å²) in [6.07, 6.45) is 1.06. The lowest BCUT2D eigenvalue weighted by molar-refractivity contribution is -0.0812. The van der Waals surface area contributed by atoms with Gasteiger partial charge in [-0.25, -0.2) is 14.2 Å². The van der Waals surface area contributed by atoms with E-state index in [1.807, 2.05) is 0 Å². The summed E-state index contributed by atoms with van der Waals surface area (Å²) >= 11 is 1.28. The number of rotatable bonds is 5. The molecule has 4 rings (SSSR count). The van der Waals surface area contributed by atoms with E-state index in [1.54, 1.807) is 18.2 Å². The van der Waals surface area contributed by atoms with Gasteiger partial charge in [-0.05, 0) is 30.9 Å². The van der Waals surface area contributed by atoms with Crippen molar-refractivity contribution in [3.05, 3.63) is 46.2 Å². The van der Waals surface area contributed by atoms with E-state index in [0.717, 1.165) is 6.42 Å². The molecule has 1 aliphatic heterocycles. The summed E-state index contributed by atoms with van der Waals surface area (Å²) in [4.78, 5) is 15.1. The van der Waals surface area contributed by atoms with Crippen molar-refractivity contribution in [3.8, 4) is 5.75 Å². The molecule has 8 heteroatoms. The number of halogens is 1. The Bertz CT molecular complexity index is 828. The number of carbonyl (C=O) groups is 1. The molecule has 2 fully saturated rings. The van der Waals surface area contributed by atoms with E-state index in [1.165, 1.54) is 22.8 Å². The zero-order valence-electron chi connectivity index (χ0n) is 14.5. The number of aliphatic hydroxyl groups is 1. The zero-order valence-corrected chi connectivity index (χ0v) is 15.3. The molecule has 0 amide bonds. The van der Waals surface area contributed by atoms with Crippen LogP contribution in [-0.4, -0.2) is 40.0 Å². The Morgan fingerprint density at radius 1 is 1.37 bits per heavy atom. The van der Waals surface area contributed by atoms with Gasteiger partial charge in [-0.1, -0.05) is 12.1 Å². The Morgan fingerprint density at radius 3 is 2.93 bits per heavy atom. The van der Waals surface area contributed by atoms with E-state index < -0.39 is 17.9 Å². The molecule has 2 N–H and O–H groups in total. The Labute approximate surface area is 159 Å². The third-order valence-electron chi connectivity index (χ3n) is 5.38. The van der Waals surface area contributed by atoms with E-state index in [-0.39, 0.29) is 42.1 Å². The number of benzene rings is 1. The minimum atomic E-state index is -1.05. The van der Waals surface area contributed by atoms with Gasteiger partial charge in [0.1, 0.15) is 11.1 Å². The Kier molecular flexibility index (Phi) is 5.12. The molecule has 1 saturated carbocycles. The first-order valence-electron chi connectivity index (χ1n) is 8.92. The Balaban J connectivity index is 1.40. The number of aliphatic hydroxyl groups excluding tert-OH is 1. The fourth-order valence-electron chi connectivity index (χ4n) is 4.03. The number of fused-ring (bicyclic) bond motifs is 1. The third-order valence-corrected chi connectivity index (χ3v) is 6.32. The average Bonchev–Trinajstić information content (AvgIpc) is 3.25. The van der Waals surface area contributed by atoms with E-state index in [4.69, 9.17) is 14.6 Å². The maximum absolute atomic E-state index is 13.7. The number of carboxylic acids is 1. The molecule has 1 aromatic heterocycles. The second-order valence-corrected chi connectivity index (χ2v) is 7.88. The van der Waals surface area contributed by atoms with Crippen molar-refractivity contribution in [1.82, 2.24) is 4.98 Å². The summed E-state index contributed by atoms with van der Waals surface area (Å²) in [7, 11) is 0. The number of hydrogen-bond donors (Lipinski definition) is 2. The van der Waals surface area contributed by atoms with Gasteiger partial charge in [-0.3, -0.25) is 0 Å². The van der Waals surface area contributed by atoms with Crippen LogP contribution in [0.5, 0.6) is 5.75 Å². The maximum atomic E-state index is 13.7. The van der Waals surface area contributed by atoms with E-state index >= 15 is 0 Å². The highest BCUT2D eigenvalue weighted by Crippen LogP contribution is 2.46. The number of ether oxygens (including phenoxy) is 2. The molecule has 1 aromatic carbocycles. The molecular weight excluding hydrogens is 373 g/mol. The first kappa shape index (κ1) is 18.3. The lowest BCUT2D eigenvalue weighted by Gasteiger charge is -2.33. The van der Waals surface area contributed by atoms with Crippen molar-refractivity contribution < 1.29 is 28.9 Å². The molecule has 0 bridgehead atoms. The van der Waals surface area contributed by atoms with Gasteiger partial charge in [0.05, 0.1) is 18.8 Å². The van der Waals surface area contributed by atoms with Gasteiger partial charge >= 0.3 is 5.97 Å². The standard InChI is InChI=1S/C19H20FNO5S/c20-12-3-1-2-4-15(12)25-8-11-10-5-6-16(26-17(10)7-14(11)22)18-21-13(9-27-18)19(23)24/h1-4,9-11,14,16-17,22H,5-8H2,(H,23,24)/t10-,11+,14-,16-,17+/m1/s1. The van der Waals surface area contributed by atoms with Gasteiger partial charge in [0.25, 0.3) is 0 Å². The number of aromatic nitrogens is 1. The molecule has 0 radical (unpaired) electrons. The number of carboxylic acid groups (broad SMARTS) is 1. The fourth-order valence-corrected chi connectivity index (χ4v) is 4.89. The third kappa shape index (κ3) is 3.69. The summed E-state index contributed by atoms with van der Waals surface area (Å²) in [5.41, 5.74) is 0.0309. The first-order valence-corrected chi connectivity index (χ1v) is 9.80. The second-order valence-electron chi connectivity index (χ2n) is 6.99. The summed E-state index contributed by atoms with van der Waals surface area (Å²) in [5.74, 6) is -1.28. The number of aromatic carboxylic acids is 1. The van der Waals surface area contributed by atoms with Crippen LogP contribution in [0.3, 0.4) is 0 Å². The van der Waals surface area contributed by atoms with E-state index in [2.05, 4.69) is 4.98 Å². The van der Waals surface area contributed by atoms with Gasteiger partial charge in [0.2, 0.25) is 0 Å². The molecule has 0 spiro atoms. The highest BCUT2D eigenvalue weighted by Gasteiger charge is 2.47. The first-order chi connectivity index (χ1) is 13.0. The molecular formula is C19H20FNO5S. The van der Waals surface area contributed by atoms with E-state index in [0.29, 0.717) is 17.8 Å². The van der Waals surface area contributed by atoms with Crippen LogP contribution < -0.4 is 4.74 Å². The molecule has 144 valence electrons. The van der Waals surface area contributed by atoms with Gasteiger partial charge in [0, 0.05) is 17.7 Å². The minimum Gasteiger partial charge on any atom is -0.490 e.